The summed E-state index contributed by atoms with van der Waals surface area (Å²) in [6.45, 7) is 0.693. The molecule has 0 spiro atoms. The minimum absolute atomic E-state index is 0.229. The van der Waals surface area contributed by atoms with Crippen LogP contribution in [-0.4, -0.2) is 28.4 Å². The monoisotopic (exact) mass is 323 g/mol. The summed E-state index contributed by atoms with van der Waals surface area (Å²) in [5.41, 5.74) is 8.21. The molecule has 2 bridgehead atoms. The van der Waals surface area contributed by atoms with Gasteiger partial charge in [0.05, 0.1) is 6.54 Å². The van der Waals surface area contributed by atoms with Gasteiger partial charge in [0.15, 0.2) is 0 Å². The number of primary amides is 1. The van der Waals surface area contributed by atoms with Crippen molar-refractivity contribution in [3.05, 3.63) is 71.3 Å². The van der Waals surface area contributed by atoms with Gasteiger partial charge in [-0.05, 0) is 16.7 Å². The lowest BCUT2D eigenvalue weighted by Gasteiger charge is -2.30. The average molecular weight is 323 g/mol. The summed E-state index contributed by atoms with van der Waals surface area (Å²) in [7, 11) is 0. The van der Waals surface area contributed by atoms with E-state index in [2.05, 4.69) is 0 Å². The van der Waals surface area contributed by atoms with Crippen LogP contribution in [0.1, 0.15) is 28.8 Å². The van der Waals surface area contributed by atoms with Gasteiger partial charge >= 0.3 is 6.03 Å². The average Bonchev–Trinajstić information content (AvgIpc) is 2.87. The van der Waals surface area contributed by atoms with Crippen LogP contribution >= 0.6 is 0 Å². The highest BCUT2D eigenvalue weighted by molar-refractivity contribution is 5.89. The Bertz CT molecular complexity index is 793. The van der Waals surface area contributed by atoms with Crippen molar-refractivity contribution in [3.63, 3.8) is 0 Å². The molecular formula is C18H17N3O3. The topological polar surface area (TPSA) is 75.9 Å². The Labute approximate surface area is 139 Å². The van der Waals surface area contributed by atoms with Gasteiger partial charge < -0.3 is 10.6 Å². The normalized spacial score (nSPS) is 21.8. The lowest BCUT2D eigenvalue weighted by molar-refractivity contribution is -0.141. The molecule has 6 heteroatoms. The van der Waals surface area contributed by atoms with Crippen molar-refractivity contribution in [2.75, 3.05) is 6.54 Å². The molecule has 4 rings (SSSR count). The molecule has 1 fully saturated rings. The summed E-state index contributed by atoms with van der Waals surface area (Å²) in [5.74, 6) is -0.529. The van der Waals surface area contributed by atoms with Crippen molar-refractivity contribution >= 4 is 11.9 Å². The van der Waals surface area contributed by atoms with Crippen LogP contribution in [0.15, 0.2) is 54.6 Å². The molecule has 3 amide bonds. The second-order valence-corrected chi connectivity index (χ2v) is 5.97. The van der Waals surface area contributed by atoms with Crippen LogP contribution in [0.25, 0.3) is 0 Å². The number of hydrogen-bond donors (Lipinski definition) is 1. The number of urea groups is 1. The number of hydrogen-bond acceptors (Lipinski definition) is 3. The number of benzene rings is 2. The standard InChI is InChI=1S/C18H17N3O3/c19-17(22)16-14-9-5-4-8-13(14)15-10-20(16)18(23)21(15)24-11-12-6-2-1-3-7-12/h1-9,15-16H,10-11H2,(H2,19,22). The highest BCUT2D eigenvalue weighted by atomic mass is 16.7. The van der Waals surface area contributed by atoms with Crippen LogP contribution in [0.3, 0.4) is 0 Å². The van der Waals surface area contributed by atoms with Gasteiger partial charge in [0.25, 0.3) is 0 Å². The van der Waals surface area contributed by atoms with Crippen LogP contribution in [0, 0.1) is 0 Å². The fraction of sp³-hybridized carbons (Fsp3) is 0.222. The maximum atomic E-state index is 12.7. The maximum Gasteiger partial charge on any atom is 0.345 e. The molecule has 0 saturated carbocycles. The fourth-order valence-electron chi connectivity index (χ4n) is 3.44. The van der Waals surface area contributed by atoms with Gasteiger partial charge in [-0.2, -0.15) is 5.06 Å². The van der Waals surface area contributed by atoms with Crippen molar-refractivity contribution in [1.29, 1.82) is 0 Å². The van der Waals surface area contributed by atoms with E-state index in [9.17, 15) is 9.59 Å². The molecule has 0 radical (unpaired) electrons. The van der Waals surface area contributed by atoms with Gasteiger partial charge in [-0.25, -0.2) is 4.79 Å². The molecule has 0 aromatic heterocycles. The molecule has 2 atom stereocenters. The van der Waals surface area contributed by atoms with Gasteiger partial charge in [0.1, 0.15) is 18.7 Å². The van der Waals surface area contributed by atoms with E-state index in [1.54, 1.807) is 0 Å². The molecule has 0 aliphatic carbocycles. The number of nitrogens with two attached hydrogens (primary N) is 1. The molecule has 2 heterocycles. The number of rotatable bonds is 4. The predicted molar refractivity (Wildman–Crippen MR) is 86.3 cm³/mol. The Balaban J connectivity index is 1.65. The SMILES string of the molecule is NC(=O)C1c2ccccc2C2CN1C(=O)N2OCc1ccccc1. The van der Waals surface area contributed by atoms with E-state index in [0.717, 1.165) is 16.7 Å². The fourth-order valence-corrected chi connectivity index (χ4v) is 3.44. The van der Waals surface area contributed by atoms with Crippen LogP contribution < -0.4 is 5.73 Å². The van der Waals surface area contributed by atoms with Crippen LogP contribution in [0.2, 0.25) is 0 Å². The Kier molecular flexibility index (Phi) is 3.46. The van der Waals surface area contributed by atoms with Crippen LogP contribution in [-0.2, 0) is 16.2 Å². The smallest absolute Gasteiger partial charge is 0.345 e. The number of nitrogens with zero attached hydrogens (tertiary/aromatic N) is 2. The third-order valence-corrected chi connectivity index (χ3v) is 4.53. The van der Waals surface area contributed by atoms with Gasteiger partial charge in [-0.1, -0.05) is 54.6 Å². The number of amides is 3. The zero-order valence-electron chi connectivity index (χ0n) is 13.0. The van der Waals surface area contributed by atoms with E-state index in [-0.39, 0.29) is 12.1 Å². The van der Waals surface area contributed by atoms with Gasteiger partial charge in [-0.3, -0.25) is 9.63 Å². The van der Waals surface area contributed by atoms with Crippen LogP contribution in [0.5, 0.6) is 0 Å². The lowest BCUT2D eigenvalue weighted by atomic mass is 9.91. The minimum Gasteiger partial charge on any atom is -0.368 e. The highest BCUT2D eigenvalue weighted by Crippen LogP contribution is 2.43. The zero-order valence-corrected chi connectivity index (χ0v) is 13.0. The zero-order chi connectivity index (χ0) is 16.7. The summed E-state index contributed by atoms with van der Waals surface area (Å²) >= 11 is 0. The number of carbonyl (C=O) groups is 2. The number of fused-ring (bicyclic) bond motifs is 4. The first-order valence-electron chi connectivity index (χ1n) is 7.81. The molecule has 24 heavy (non-hydrogen) atoms. The number of carbonyl (C=O) groups excluding carboxylic acids is 2. The molecule has 2 aliphatic heterocycles. The Hall–Kier alpha value is -2.86. The van der Waals surface area contributed by atoms with Crippen molar-refractivity contribution in [2.45, 2.75) is 18.7 Å². The van der Waals surface area contributed by atoms with Crippen molar-refractivity contribution < 1.29 is 14.4 Å². The van der Waals surface area contributed by atoms with E-state index in [1.165, 1.54) is 9.96 Å². The molecule has 1 saturated heterocycles. The third-order valence-electron chi connectivity index (χ3n) is 4.53. The Morgan fingerprint density at radius 2 is 1.75 bits per heavy atom. The number of hydroxylamine groups is 2. The van der Waals surface area contributed by atoms with Gasteiger partial charge in [-0.15, -0.1) is 0 Å². The van der Waals surface area contributed by atoms with E-state index in [0.29, 0.717) is 13.2 Å². The molecule has 2 aromatic carbocycles. The Morgan fingerprint density at radius 1 is 1.08 bits per heavy atom. The third kappa shape index (κ3) is 2.23. The summed E-state index contributed by atoms with van der Waals surface area (Å²) in [6.07, 6.45) is 0. The van der Waals surface area contributed by atoms with E-state index >= 15 is 0 Å². The van der Waals surface area contributed by atoms with Crippen LogP contribution in [0.4, 0.5) is 4.79 Å². The molecular weight excluding hydrogens is 306 g/mol. The van der Waals surface area contributed by atoms with Crippen molar-refractivity contribution in [1.82, 2.24) is 9.96 Å². The van der Waals surface area contributed by atoms with Crippen molar-refractivity contribution in [2.24, 2.45) is 5.73 Å². The molecule has 2 aromatic rings. The first-order chi connectivity index (χ1) is 11.7. The maximum absolute atomic E-state index is 12.7. The quantitative estimate of drug-likeness (QED) is 0.936. The molecule has 6 nitrogen and oxygen atoms in total. The first-order valence-corrected chi connectivity index (χ1v) is 7.81. The van der Waals surface area contributed by atoms with Crippen molar-refractivity contribution in [3.8, 4) is 0 Å². The second kappa shape index (κ2) is 5.65. The minimum atomic E-state index is -0.740. The van der Waals surface area contributed by atoms with E-state index < -0.39 is 11.9 Å². The molecule has 2 unspecified atom stereocenters. The second-order valence-electron chi connectivity index (χ2n) is 5.97. The van der Waals surface area contributed by atoms with E-state index in [1.807, 2.05) is 54.6 Å². The Morgan fingerprint density at radius 3 is 2.46 bits per heavy atom. The summed E-state index contributed by atoms with van der Waals surface area (Å²) < 4.78 is 0. The van der Waals surface area contributed by atoms with Gasteiger partial charge in [0.2, 0.25) is 5.91 Å². The largest absolute Gasteiger partial charge is 0.368 e. The molecule has 122 valence electrons. The molecule has 2 aliphatic rings. The van der Waals surface area contributed by atoms with Gasteiger partial charge in [0, 0.05) is 0 Å². The summed E-state index contributed by atoms with van der Waals surface area (Å²) in [4.78, 5) is 31.9. The summed E-state index contributed by atoms with van der Waals surface area (Å²) in [6, 6.07) is 15.9. The van der Waals surface area contributed by atoms with E-state index in [4.69, 9.17) is 10.6 Å². The summed E-state index contributed by atoms with van der Waals surface area (Å²) in [5, 5.41) is 1.37. The highest BCUT2D eigenvalue weighted by Gasteiger charge is 2.50. The molecule has 2 N–H and O–H groups in total. The first kappa shape index (κ1) is 14.7. The lowest BCUT2D eigenvalue weighted by Crippen LogP contribution is -2.41. The predicted octanol–water partition coefficient (Wildman–Crippen LogP) is 2.14.